The molecule has 0 bridgehead atoms. The van der Waals surface area contributed by atoms with E-state index in [1.54, 1.807) is 66.4 Å². The zero-order chi connectivity index (χ0) is 53.7. The fraction of sp³-hybridized carbons (Fsp3) is 0.358. The van der Waals surface area contributed by atoms with Crippen molar-refractivity contribution in [3.63, 3.8) is 0 Å². The molecule has 2 saturated heterocycles. The number of hydrogen-bond donors (Lipinski definition) is 4. The van der Waals surface area contributed by atoms with E-state index in [1.165, 1.54) is 11.1 Å². The van der Waals surface area contributed by atoms with Crippen LogP contribution in [0, 0.1) is 25.5 Å². The van der Waals surface area contributed by atoms with Gasteiger partial charge in [-0.2, -0.15) is 12.7 Å². The van der Waals surface area contributed by atoms with E-state index >= 15 is 8.78 Å². The summed E-state index contributed by atoms with van der Waals surface area (Å²) in [4.78, 5) is 55.7. The lowest BCUT2D eigenvalue weighted by Gasteiger charge is -2.28. The number of benzene rings is 3. The molecule has 0 spiro atoms. The van der Waals surface area contributed by atoms with Crippen molar-refractivity contribution >= 4 is 55.9 Å². The number of β-amino-alcohol motifs (C(OH)–C–C–N with tert-alkyl or cyclic N) is 1. The molecule has 76 heavy (non-hydrogen) atoms. The quantitative estimate of drug-likeness (QED) is 0.0379. The number of pyridine rings is 1. The minimum atomic E-state index is -4.38. The number of H-pyrrole nitrogens is 1. The van der Waals surface area contributed by atoms with Crippen LogP contribution in [-0.2, 0) is 29.3 Å². The highest BCUT2D eigenvalue weighted by Crippen LogP contribution is 2.33. The number of aliphatic hydroxyl groups excluding tert-OH is 1. The first-order valence-electron chi connectivity index (χ1n) is 24.6. The molecule has 18 nitrogen and oxygen atoms in total. The molecule has 5 atom stereocenters. The average Bonchev–Trinajstić information content (AvgIpc) is 4.29. The first-order valence-corrected chi connectivity index (χ1v) is 26.9. The molecular formula is C53H55F3N8O10S2. The molecule has 2 unspecified atom stereocenters. The number of aromatic nitrogens is 4. The Morgan fingerprint density at radius 2 is 1.67 bits per heavy atom. The smallest absolute Gasteiger partial charge is 0.301 e. The second-order valence-electron chi connectivity index (χ2n) is 18.6. The number of nitrogens with one attached hydrogen (secondary N) is 3. The number of halogens is 3. The summed E-state index contributed by atoms with van der Waals surface area (Å²) in [5.41, 5.74) is 5.07. The number of fused-ring (bicyclic) bond motifs is 1. The molecule has 7 aromatic rings. The van der Waals surface area contributed by atoms with Crippen LogP contribution < -0.4 is 14.8 Å². The molecule has 4 aromatic heterocycles. The predicted molar refractivity (Wildman–Crippen MR) is 276 cm³/mol. The average molecular weight is 1090 g/mol. The van der Waals surface area contributed by atoms with Crippen molar-refractivity contribution in [3.05, 3.63) is 136 Å². The second-order valence-corrected chi connectivity index (χ2v) is 21.1. The van der Waals surface area contributed by atoms with Crippen LogP contribution in [0.5, 0.6) is 5.75 Å². The molecule has 3 aromatic carbocycles. The number of rotatable bonds is 22. The van der Waals surface area contributed by atoms with E-state index in [0.29, 0.717) is 28.3 Å². The van der Waals surface area contributed by atoms with E-state index in [9.17, 15) is 32.3 Å². The highest BCUT2D eigenvalue weighted by atomic mass is 32.2. The summed E-state index contributed by atoms with van der Waals surface area (Å²) in [5, 5.41) is 18.0. The molecule has 0 aliphatic carbocycles. The van der Waals surface area contributed by atoms with Gasteiger partial charge in [-0.3, -0.25) is 19.1 Å². The van der Waals surface area contributed by atoms with Gasteiger partial charge >= 0.3 is 10.2 Å². The zero-order valence-electron chi connectivity index (χ0n) is 41.6. The number of ketones is 1. The summed E-state index contributed by atoms with van der Waals surface area (Å²) in [6, 6.07) is 18.6. The Balaban J connectivity index is 0.732. The number of ether oxygens (including phenoxy) is 3. The van der Waals surface area contributed by atoms with E-state index in [2.05, 4.69) is 25.4 Å². The highest BCUT2D eigenvalue weighted by molar-refractivity contribution is 7.90. The molecule has 0 radical (unpaired) electrons. The minimum absolute atomic E-state index is 0.0132. The second kappa shape index (κ2) is 23.5. The van der Waals surface area contributed by atoms with E-state index in [1.807, 2.05) is 42.8 Å². The number of aryl methyl sites for hydroxylation is 2. The number of likely N-dealkylation sites (tertiary alicyclic amines) is 1. The van der Waals surface area contributed by atoms with Crippen LogP contribution in [0.25, 0.3) is 32.6 Å². The van der Waals surface area contributed by atoms with Crippen molar-refractivity contribution in [2.45, 2.75) is 70.3 Å². The summed E-state index contributed by atoms with van der Waals surface area (Å²) < 4.78 is 96.0. The van der Waals surface area contributed by atoms with Crippen molar-refractivity contribution in [1.82, 2.24) is 34.6 Å². The normalized spacial score (nSPS) is 17.8. The van der Waals surface area contributed by atoms with Gasteiger partial charge in [0.15, 0.2) is 5.82 Å². The summed E-state index contributed by atoms with van der Waals surface area (Å²) in [6.45, 7) is 6.10. The number of carbonyl (C=O) groups is 3. The van der Waals surface area contributed by atoms with Crippen LogP contribution in [0.2, 0.25) is 0 Å². The van der Waals surface area contributed by atoms with Crippen LogP contribution >= 0.6 is 11.3 Å². The molecular weight excluding hydrogens is 1030 g/mol. The SMILES string of the molecule is Cc1cc(C(CCOCCOCCOc2ccc(-c3cnc4[nH]cc(C(=O)c5c(F)ccc(NS(=O)(=O)N6CC[C@@H](F)C6)c5F)c4c3)cc2)C(=O)N2C[C@H](O)C[C@H]2C(=O)NC(C)c2ccc(-c3scnc3C)cc2)on1. The Hall–Kier alpha value is -7.02. The number of nitrogens with zero attached hydrogens (tertiary/aromatic N) is 5. The minimum Gasteiger partial charge on any atom is -0.491 e. The first-order chi connectivity index (χ1) is 36.5. The van der Waals surface area contributed by atoms with Crippen LogP contribution in [-0.4, -0.2) is 131 Å². The topological polar surface area (TPSA) is 231 Å². The van der Waals surface area contributed by atoms with Gasteiger partial charge in [-0.1, -0.05) is 41.6 Å². The van der Waals surface area contributed by atoms with E-state index in [4.69, 9.17) is 18.7 Å². The number of carbonyl (C=O) groups excluding carboxylic acids is 3. The van der Waals surface area contributed by atoms with Crippen LogP contribution in [0.15, 0.2) is 95.2 Å². The summed E-state index contributed by atoms with van der Waals surface area (Å²) in [7, 11) is -4.38. The summed E-state index contributed by atoms with van der Waals surface area (Å²) in [6.07, 6.45) is 0.868. The maximum absolute atomic E-state index is 15.7. The van der Waals surface area contributed by atoms with Gasteiger partial charge < -0.3 is 39.0 Å². The van der Waals surface area contributed by atoms with Crippen LogP contribution in [0.3, 0.4) is 0 Å². The Bertz CT molecular complexity index is 3320. The van der Waals surface area contributed by atoms with Gasteiger partial charge in [-0.05, 0) is 80.6 Å². The Morgan fingerprint density at radius 3 is 2.37 bits per heavy atom. The predicted octanol–water partition coefficient (Wildman–Crippen LogP) is 7.59. The molecule has 9 rings (SSSR count). The lowest BCUT2D eigenvalue weighted by molar-refractivity contribution is -0.140. The number of hydrogen-bond acceptors (Lipinski definition) is 14. The molecule has 400 valence electrons. The Kier molecular flexibility index (Phi) is 16.6. The molecule has 2 aliphatic heterocycles. The summed E-state index contributed by atoms with van der Waals surface area (Å²) >= 11 is 1.56. The van der Waals surface area contributed by atoms with Crippen molar-refractivity contribution < 1.29 is 59.8 Å². The van der Waals surface area contributed by atoms with Gasteiger partial charge in [0, 0.05) is 67.6 Å². The van der Waals surface area contributed by atoms with Crippen molar-refractivity contribution in [2.75, 3.05) is 57.4 Å². The van der Waals surface area contributed by atoms with Crippen LogP contribution in [0.4, 0.5) is 18.9 Å². The van der Waals surface area contributed by atoms with Crippen molar-refractivity contribution in [1.29, 1.82) is 0 Å². The molecule has 2 aliphatic rings. The third-order valence-corrected chi connectivity index (χ3v) is 15.8. The molecule has 23 heteroatoms. The molecule has 4 N–H and O–H groups in total. The van der Waals surface area contributed by atoms with Gasteiger partial charge in [0.1, 0.15) is 47.7 Å². The number of aliphatic hydroxyl groups is 1. The lowest BCUT2D eigenvalue weighted by Crippen LogP contribution is -2.48. The fourth-order valence-corrected chi connectivity index (χ4v) is 11.3. The van der Waals surface area contributed by atoms with Crippen molar-refractivity contribution in [3.8, 4) is 27.3 Å². The van der Waals surface area contributed by atoms with E-state index < -0.39 is 69.7 Å². The third kappa shape index (κ3) is 12.1. The monoisotopic (exact) mass is 1080 g/mol. The Morgan fingerprint density at radius 1 is 0.934 bits per heavy atom. The third-order valence-electron chi connectivity index (χ3n) is 13.3. The fourth-order valence-electron chi connectivity index (χ4n) is 9.25. The highest BCUT2D eigenvalue weighted by Gasteiger charge is 2.43. The molecule has 2 amide bonds. The maximum atomic E-state index is 15.7. The van der Waals surface area contributed by atoms with Gasteiger partial charge in [0.05, 0.1) is 65.0 Å². The van der Waals surface area contributed by atoms with Crippen molar-refractivity contribution in [2.24, 2.45) is 0 Å². The largest absolute Gasteiger partial charge is 0.491 e. The van der Waals surface area contributed by atoms with Gasteiger partial charge in [0.25, 0.3) is 0 Å². The molecule has 2 fully saturated rings. The maximum Gasteiger partial charge on any atom is 0.301 e. The number of alkyl halides is 1. The Labute approximate surface area is 439 Å². The van der Waals surface area contributed by atoms with Crippen LogP contribution in [0.1, 0.15) is 76.8 Å². The number of aromatic amines is 1. The van der Waals surface area contributed by atoms with Gasteiger partial charge in [-0.15, -0.1) is 11.3 Å². The zero-order valence-corrected chi connectivity index (χ0v) is 43.3. The molecule has 6 heterocycles. The summed E-state index contributed by atoms with van der Waals surface area (Å²) in [5.74, 6) is -4.38. The number of amides is 2. The number of thiazole rings is 1. The van der Waals surface area contributed by atoms with Gasteiger partial charge in [-0.25, -0.2) is 23.1 Å². The molecule has 0 saturated carbocycles. The van der Waals surface area contributed by atoms with E-state index in [0.717, 1.165) is 38.1 Å². The van der Waals surface area contributed by atoms with Gasteiger partial charge in [0.2, 0.25) is 17.6 Å². The lowest BCUT2D eigenvalue weighted by atomic mass is 9.99. The standard InChI is InChI=1S/C53H55F3N8O10S2/c1-30-22-46(74-61-30)40(53(68)64-28-38(65)24-45(64)52(67)60-31(2)33-4-6-35(7-5-33)50-32(3)59-29-75-50)15-17-71-18-19-72-20-21-73-39-10-8-34(9-11-39)36-23-41-42(26-58-51(41)57-25-36)49(66)47-43(55)12-13-44(48(47)56)62-76(69,70)63-16-14-37(54)27-63/h4-13,22-23,25-26,29,31,37-38,40,45,62,65H,14-21,24,27-28H2,1-3H3,(H,57,58)(H,60,67)/t31?,37-,38-,40?,45+/m1/s1. The first kappa shape index (κ1) is 53.8. The van der Waals surface area contributed by atoms with E-state index in [-0.39, 0.29) is 99.8 Å². The number of anilines is 1.